The second-order valence-electron chi connectivity index (χ2n) is 5.87. The lowest BCUT2D eigenvalue weighted by atomic mass is 10.1. The Morgan fingerprint density at radius 2 is 1.83 bits per heavy atom. The minimum Gasteiger partial charge on any atom is -0.473 e. The van der Waals surface area contributed by atoms with E-state index in [1.54, 1.807) is 0 Å². The molecular weight excluding hydrogens is 306 g/mol. The van der Waals surface area contributed by atoms with E-state index in [4.69, 9.17) is 4.74 Å². The molecule has 0 N–H and O–H groups in total. The average molecular weight is 327 g/mol. The number of aryl methyl sites for hydroxylation is 1. The number of methoxy groups -OCH3 is 1. The first kappa shape index (κ1) is 16.2. The fourth-order valence-corrected chi connectivity index (χ4v) is 2.75. The van der Waals surface area contributed by atoms with Crippen LogP contribution in [0.4, 0.5) is 5.69 Å². The normalized spacial score (nSPS) is 15.2. The zero-order valence-corrected chi connectivity index (χ0v) is 13.9. The molecule has 0 saturated carbocycles. The Morgan fingerprint density at radius 3 is 2.42 bits per heavy atom. The molecule has 1 saturated heterocycles. The first-order valence-electron chi connectivity index (χ1n) is 8.04. The van der Waals surface area contributed by atoms with Gasteiger partial charge in [-0.15, -0.1) is 0 Å². The number of aromatic nitrogens is 2. The van der Waals surface area contributed by atoms with Gasteiger partial charge in [0.1, 0.15) is 6.10 Å². The van der Waals surface area contributed by atoms with Crippen LogP contribution < -0.4 is 9.64 Å². The summed E-state index contributed by atoms with van der Waals surface area (Å²) in [4.78, 5) is 21.8. The molecule has 0 atom stereocenters. The molecule has 1 aliphatic heterocycles. The smallest absolute Gasteiger partial charge is 0.358 e. The van der Waals surface area contributed by atoms with E-state index in [-0.39, 0.29) is 11.8 Å². The zero-order chi connectivity index (χ0) is 16.9. The van der Waals surface area contributed by atoms with Gasteiger partial charge in [0.05, 0.1) is 19.5 Å². The summed E-state index contributed by atoms with van der Waals surface area (Å²) < 4.78 is 10.5. The van der Waals surface area contributed by atoms with Gasteiger partial charge in [0.25, 0.3) is 0 Å². The van der Waals surface area contributed by atoms with Crippen LogP contribution in [0.15, 0.2) is 36.7 Å². The zero-order valence-electron chi connectivity index (χ0n) is 13.9. The molecule has 2 heterocycles. The van der Waals surface area contributed by atoms with E-state index in [2.05, 4.69) is 50.8 Å². The Balaban J connectivity index is 1.53. The van der Waals surface area contributed by atoms with Gasteiger partial charge < -0.3 is 14.4 Å². The summed E-state index contributed by atoms with van der Waals surface area (Å²) >= 11 is 0. The third kappa shape index (κ3) is 3.82. The van der Waals surface area contributed by atoms with Crippen molar-refractivity contribution in [1.82, 2.24) is 9.97 Å². The van der Waals surface area contributed by atoms with E-state index >= 15 is 0 Å². The highest BCUT2D eigenvalue weighted by Gasteiger charge is 2.21. The summed E-state index contributed by atoms with van der Waals surface area (Å²) in [5, 5.41) is 0. The molecule has 0 unspecified atom stereocenters. The van der Waals surface area contributed by atoms with E-state index in [1.807, 2.05) is 0 Å². The fourth-order valence-electron chi connectivity index (χ4n) is 2.75. The van der Waals surface area contributed by atoms with Crippen molar-refractivity contribution in [3.05, 3.63) is 47.9 Å². The van der Waals surface area contributed by atoms with Gasteiger partial charge >= 0.3 is 5.97 Å². The van der Waals surface area contributed by atoms with Gasteiger partial charge in [0.2, 0.25) is 5.88 Å². The van der Waals surface area contributed by atoms with E-state index < -0.39 is 5.97 Å². The van der Waals surface area contributed by atoms with Crippen LogP contribution in [-0.2, 0) is 4.74 Å². The largest absolute Gasteiger partial charge is 0.473 e. The SMILES string of the molecule is COC(=O)c1cnc(OC2CCN(c3ccc(C)cc3)CC2)cn1. The molecule has 24 heavy (non-hydrogen) atoms. The van der Waals surface area contributed by atoms with Gasteiger partial charge in [-0.2, -0.15) is 0 Å². The van der Waals surface area contributed by atoms with Crippen LogP contribution in [0.25, 0.3) is 0 Å². The number of esters is 1. The topological polar surface area (TPSA) is 64.6 Å². The molecule has 0 spiro atoms. The quantitative estimate of drug-likeness (QED) is 0.804. The van der Waals surface area contributed by atoms with Crippen molar-refractivity contribution in [2.45, 2.75) is 25.9 Å². The van der Waals surface area contributed by atoms with E-state index in [9.17, 15) is 4.79 Å². The number of carbonyl (C=O) groups is 1. The van der Waals surface area contributed by atoms with Crippen molar-refractivity contribution in [2.24, 2.45) is 0 Å². The number of piperidine rings is 1. The molecular formula is C18H21N3O3. The van der Waals surface area contributed by atoms with Crippen molar-refractivity contribution in [3.8, 4) is 5.88 Å². The minimum absolute atomic E-state index is 0.116. The Morgan fingerprint density at radius 1 is 1.12 bits per heavy atom. The molecule has 126 valence electrons. The predicted molar refractivity (Wildman–Crippen MR) is 90.4 cm³/mol. The van der Waals surface area contributed by atoms with Crippen LogP contribution in [0.3, 0.4) is 0 Å². The molecule has 1 fully saturated rings. The van der Waals surface area contributed by atoms with E-state index in [0.29, 0.717) is 5.88 Å². The number of carbonyl (C=O) groups excluding carboxylic acids is 1. The number of hydrogen-bond donors (Lipinski definition) is 0. The Hall–Kier alpha value is -2.63. The minimum atomic E-state index is -0.500. The summed E-state index contributed by atoms with van der Waals surface area (Å²) in [6.45, 7) is 3.99. The second kappa shape index (κ2) is 7.29. The van der Waals surface area contributed by atoms with Crippen LogP contribution >= 0.6 is 0 Å². The molecule has 6 nitrogen and oxygen atoms in total. The van der Waals surface area contributed by atoms with E-state index in [0.717, 1.165) is 25.9 Å². The molecule has 0 aliphatic carbocycles. The van der Waals surface area contributed by atoms with Crippen LogP contribution in [0.1, 0.15) is 28.9 Å². The highest BCUT2D eigenvalue weighted by Crippen LogP contribution is 2.22. The first-order chi connectivity index (χ1) is 11.7. The standard InChI is InChI=1S/C18H21N3O3/c1-13-3-5-14(6-4-13)21-9-7-15(8-10-21)24-17-12-19-16(11-20-17)18(22)23-2/h3-6,11-12,15H,7-10H2,1-2H3. The van der Waals surface area contributed by atoms with Gasteiger partial charge in [-0.25, -0.2) is 14.8 Å². The van der Waals surface area contributed by atoms with Crippen LogP contribution in [0.2, 0.25) is 0 Å². The number of rotatable bonds is 4. The number of anilines is 1. The third-order valence-corrected chi connectivity index (χ3v) is 4.15. The Bertz CT molecular complexity index is 678. The van der Waals surface area contributed by atoms with Crippen molar-refractivity contribution in [2.75, 3.05) is 25.1 Å². The number of ether oxygens (including phenoxy) is 2. The number of benzene rings is 1. The van der Waals surface area contributed by atoms with Crippen LogP contribution in [0, 0.1) is 6.92 Å². The molecule has 1 aromatic heterocycles. The second-order valence-corrected chi connectivity index (χ2v) is 5.87. The lowest BCUT2D eigenvalue weighted by Crippen LogP contribution is -2.38. The first-order valence-corrected chi connectivity index (χ1v) is 8.04. The molecule has 0 amide bonds. The molecule has 6 heteroatoms. The molecule has 0 radical (unpaired) electrons. The van der Waals surface area contributed by atoms with Crippen LogP contribution in [-0.4, -0.2) is 42.2 Å². The van der Waals surface area contributed by atoms with Gasteiger partial charge in [-0.3, -0.25) is 0 Å². The molecule has 2 aromatic rings. The third-order valence-electron chi connectivity index (χ3n) is 4.15. The molecule has 1 aliphatic rings. The summed E-state index contributed by atoms with van der Waals surface area (Å²) in [7, 11) is 1.32. The summed E-state index contributed by atoms with van der Waals surface area (Å²) in [5.74, 6) is -0.0584. The molecule has 1 aromatic carbocycles. The average Bonchev–Trinajstić information content (AvgIpc) is 2.63. The monoisotopic (exact) mass is 327 g/mol. The summed E-state index contributed by atoms with van der Waals surface area (Å²) in [5.41, 5.74) is 2.70. The predicted octanol–water partition coefficient (Wildman–Crippen LogP) is 2.62. The highest BCUT2D eigenvalue weighted by atomic mass is 16.5. The van der Waals surface area contributed by atoms with Crippen molar-refractivity contribution >= 4 is 11.7 Å². The van der Waals surface area contributed by atoms with Crippen molar-refractivity contribution in [1.29, 1.82) is 0 Å². The Kier molecular flexibility index (Phi) is 4.93. The fraction of sp³-hybridized carbons (Fsp3) is 0.389. The lowest BCUT2D eigenvalue weighted by molar-refractivity contribution is 0.0593. The van der Waals surface area contributed by atoms with Gasteiger partial charge in [0, 0.05) is 31.6 Å². The highest BCUT2D eigenvalue weighted by molar-refractivity contribution is 5.86. The summed E-state index contributed by atoms with van der Waals surface area (Å²) in [6, 6.07) is 8.59. The maximum absolute atomic E-state index is 11.3. The number of nitrogens with zero attached hydrogens (tertiary/aromatic N) is 3. The maximum Gasteiger partial charge on any atom is 0.358 e. The molecule has 0 bridgehead atoms. The van der Waals surface area contributed by atoms with Crippen molar-refractivity contribution < 1.29 is 14.3 Å². The number of hydrogen-bond acceptors (Lipinski definition) is 6. The van der Waals surface area contributed by atoms with Crippen molar-refractivity contribution in [3.63, 3.8) is 0 Å². The van der Waals surface area contributed by atoms with Gasteiger partial charge in [-0.05, 0) is 19.1 Å². The maximum atomic E-state index is 11.3. The molecule has 3 rings (SSSR count). The Labute approximate surface area is 141 Å². The van der Waals surface area contributed by atoms with Crippen LogP contribution in [0.5, 0.6) is 5.88 Å². The van der Waals surface area contributed by atoms with E-state index in [1.165, 1.54) is 30.8 Å². The lowest BCUT2D eigenvalue weighted by Gasteiger charge is -2.33. The summed E-state index contributed by atoms with van der Waals surface area (Å²) in [6.07, 6.45) is 4.81. The van der Waals surface area contributed by atoms with Gasteiger partial charge in [0.15, 0.2) is 5.69 Å². The van der Waals surface area contributed by atoms with Gasteiger partial charge in [-0.1, -0.05) is 17.7 Å².